The number of hydrogen-bond donors (Lipinski definition) is 1. The Balaban J connectivity index is 1.46. The molecule has 1 unspecified atom stereocenters. The summed E-state index contributed by atoms with van der Waals surface area (Å²) in [6.07, 6.45) is 1.64. The first-order chi connectivity index (χ1) is 14.8. The van der Waals surface area contributed by atoms with E-state index in [0.717, 1.165) is 22.5 Å². The number of Topliss-reactive ketones (excluding diaryl/α,β-unsaturated/α-hetero) is 1. The maximum absolute atomic E-state index is 13.3. The summed E-state index contributed by atoms with van der Waals surface area (Å²) in [5, 5.41) is 0.784. The fraction of sp³-hybridized carbons (Fsp3) is 0.261. The molecule has 0 bridgehead atoms. The van der Waals surface area contributed by atoms with Gasteiger partial charge >= 0.3 is 6.18 Å². The molecule has 2 heterocycles. The van der Waals surface area contributed by atoms with Crippen molar-refractivity contribution in [1.82, 2.24) is 4.98 Å². The van der Waals surface area contributed by atoms with Gasteiger partial charge in [-0.25, -0.2) is 0 Å². The Bertz CT molecular complexity index is 1130. The molecule has 4 rings (SSSR count). The third kappa shape index (κ3) is 4.77. The average molecular weight is 465 g/mol. The number of alkyl halides is 3. The number of aromatic nitrogens is 1. The number of aromatic amines is 1. The van der Waals surface area contributed by atoms with E-state index < -0.39 is 17.8 Å². The van der Waals surface area contributed by atoms with Crippen LogP contribution in [0.5, 0.6) is 0 Å². The molecule has 31 heavy (non-hydrogen) atoms. The number of benzene rings is 2. The molecule has 3 nitrogen and oxygen atoms in total. The number of nitrogens with zero attached hydrogens (tertiary/aromatic N) is 1. The molecule has 1 aliphatic rings. The second-order valence-corrected chi connectivity index (χ2v) is 8.75. The van der Waals surface area contributed by atoms with Crippen LogP contribution in [0.3, 0.4) is 0 Å². The average Bonchev–Trinajstić information content (AvgIpc) is 3.16. The molecule has 162 valence electrons. The molecule has 8 heteroatoms. The molecule has 0 spiro atoms. The molecule has 1 aliphatic heterocycles. The Morgan fingerprint density at radius 3 is 2.81 bits per heavy atom. The lowest BCUT2D eigenvalue weighted by molar-refractivity contribution is -0.137. The number of anilines is 1. The number of para-hydroxylation sites is 1. The SMILES string of the molecule is O=C(CSCc1c[nH]c2ccccc12)C1CC=CCN1c1ccc(Cl)c(C(F)(F)F)c1. The minimum atomic E-state index is -4.55. The van der Waals surface area contributed by atoms with Crippen LogP contribution >= 0.6 is 23.4 Å². The molecule has 1 atom stereocenters. The molecular formula is C23H20ClF3N2OS. The normalized spacial score (nSPS) is 16.8. The van der Waals surface area contributed by atoms with Gasteiger partial charge in [-0.2, -0.15) is 13.2 Å². The van der Waals surface area contributed by atoms with Crippen LogP contribution in [0.4, 0.5) is 18.9 Å². The van der Waals surface area contributed by atoms with Crippen LogP contribution in [0.25, 0.3) is 10.9 Å². The summed E-state index contributed by atoms with van der Waals surface area (Å²) >= 11 is 7.27. The van der Waals surface area contributed by atoms with Gasteiger partial charge in [0.15, 0.2) is 5.78 Å². The van der Waals surface area contributed by atoms with Crippen molar-refractivity contribution in [2.24, 2.45) is 0 Å². The molecule has 3 aromatic rings. The van der Waals surface area contributed by atoms with E-state index in [1.165, 1.54) is 23.9 Å². The highest BCUT2D eigenvalue weighted by atomic mass is 35.5. The van der Waals surface area contributed by atoms with Gasteiger partial charge in [0.25, 0.3) is 0 Å². The second-order valence-electron chi connectivity index (χ2n) is 7.36. The Hall–Kier alpha value is -2.38. The minimum absolute atomic E-state index is 0.00213. The van der Waals surface area contributed by atoms with Gasteiger partial charge in [0.05, 0.1) is 22.4 Å². The van der Waals surface area contributed by atoms with E-state index in [0.29, 0.717) is 24.4 Å². The first-order valence-corrected chi connectivity index (χ1v) is 11.3. The molecule has 0 amide bonds. The van der Waals surface area contributed by atoms with Crippen LogP contribution in [-0.2, 0) is 16.7 Å². The fourth-order valence-electron chi connectivity index (χ4n) is 3.78. The van der Waals surface area contributed by atoms with Crippen molar-refractivity contribution >= 4 is 45.7 Å². The van der Waals surface area contributed by atoms with Crippen LogP contribution in [0, 0.1) is 0 Å². The van der Waals surface area contributed by atoms with Crippen molar-refractivity contribution in [2.45, 2.75) is 24.4 Å². The van der Waals surface area contributed by atoms with Crippen molar-refractivity contribution in [3.05, 3.63) is 77.0 Å². The highest BCUT2D eigenvalue weighted by molar-refractivity contribution is 7.99. The van der Waals surface area contributed by atoms with E-state index in [1.807, 2.05) is 42.6 Å². The topological polar surface area (TPSA) is 36.1 Å². The summed E-state index contributed by atoms with van der Waals surface area (Å²) < 4.78 is 39.8. The van der Waals surface area contributed by atoms with Gasteiger partial charge in [-0.3, -0.25) is 4.79 Å². The number of halogens is 4. The molecule has 1 N–H and O–H groups in total. The van der Waals surface area contributed by atoms with Crippen molar-refractivity contribution in [2.75, 3.05) is 17.2 Å². The van der Waals surface area contributed by atoms with Gasteiger partial charge < -0.3 is 9.88 Å². The van der Waals surface area contributed by atoms with Gasteiger partial charge in [-0.1, -0.05) is 42.0 Å². The summed E-state index contributed by atoms with van der Waals surface area (Å²) in [5.41, 5.74) is 1.64. The maximum Gasteiger partial charge on any atom is 0.417 e. The number of nitrogens with one attached hydrogen (secondary N) is 1. The molecule has 2 aromatic carbocycles. The summed E-state index contributed by atoms with van der Waals surface area (Å²) in [6.45, 7) is 0.377. The van der Waals surface area contributed by atoms with E-state index >= 15 is 0 Å². The van der Waals surface area contributed by atoms with Crippen molar-refractivity contribution in [1.29, 1.82) is 0 Å². The van der Waals surface area contributed by atoms with Gasteiger partial charge in [-0.15, -0.1) is 11.8 Å². The predicted molar refractivity (Wildman–Crippen MR) is 121 cm³/mol. The van der Waals surface area contributed by atoms with E-state index in [-0.39, 0.29) is 16.6 Å². The van der Waals surface area contributed by atoms with Crippen molar-refractivity contribution in [3.8, 4) is 0 Å². The fourth-order valence-corrected chi connectivity index (χ4v) is 4.96. The lowest BCUT2D eigenvalue weighted by atomic mass is 10.0. The quantitative estimate of drug-likeness (QED) is 0.424. The smallest absolute Gasteiger partial charge is 0.361 e. The summed E-state index contributed by atoms with van der Waals surface area (Å²) in [4.78, 5) is 17.9. The number of carbonyl (C=O) groups excluding carboxylic acids is 1. The van der Waals surface area contributed by atoms with Gasteiger partial charge in [-0.05, 0) is 36.2 Å². The summed E-state index contributed by atoms with van der Waals surface area (Å²) in [5.74, 6) is 0.962. The Morgan fingerprint density at radius 1 is 1.19 bits per heavy atom. The van der Waals surface area contributed by atoms with Gasteiger partial charge in [0, 0.05) is 35.1 Å². The van der Waals surface area contributed by atoms with Gasteiger partial charge in [0.1, 0.15) is 0 Å². The van der Waals surface area contributed by atoms with E-state index in [9.17, 15) is 18.0 Å². The monoisotopic (exact) mass is 464 g/mol. The highest BCUT2D eigenvalue weighted by Crippen LogP contribution is 2.38. The number of carbonyl (C=O) groups is 1. The predicted octanol–water partition coefficient (Wildman–Crippen LogP) is 6.48. The van der Waals surface area contributed by atoms with Crippen LogP contribution in [0.2, 0.25) is 5.02 Å². The first-order valence-electron chi connectivity index (χ1n) is 9.78. The Morgan fingerprint density at radius 2 is 2.00 bits per heavy atom. The Labute approximate surface area is 187 Å². The first kappa shape index (κ1) is 21.8. The Kier molecular flexibility index (Phi) is 6.34. The standard InChI is InChI=1S/C23H20ClF3N2OS/c24-19-9-8-16(11-18(19)23(25,26)27)29-10-4-3-7-21(29)22(30)14-31-13-15-12-28-20-6-2-1-5-17(15)20/h1-6,8-9,11-12,21,28H,7,10,13-14H2. The molecule has 0 saturated heterocycles. The summed E-state index contributed by atoms with van der Waals surface area (Å²) in [7, 11) is 0. The molecule has 1 aromatic heterocycles. The lowest BCUT2D eigenvalue weighted by Crippen LogP contribution is -2.44. The summed E-state index contributed by atoms with van der Waals surface area (Å²) in [6, 6.07) is 11.3. The third-order valence-corrected chi connectivity index (χ3v) is 6.67. The largest absolute Gasteiger partial charge is 0.417 e. The van der Waals surface area contributed by atoms with Crippen LogP contribution < -0.4 is 4.90 Å². The highest BCUT2D eigenvalue weighted by Gasteiger charge is 2.35. The van der Waals surface area contributed by atoms with Gasteiger partial charge in [0.2, 0.25) is 0 Å². The van der Waals surface area contributed by atoms with E-state index in [4.69, 9.17) is 11.6 Å². The molecule has 0 fully saturated rings. The van der Waals surface area contributed by atoms with Crippen molar-refractivity contribution in [3.63, 3.8) is 0 Å². The zero-order chi connectivity index (χ0) is 22.0. The number of H-pyrrole nitrogens is 1. The van der Waals surface area contributed by atoms with E-state index in [2.05, 4.69) is 4.98 Å². The zero-order valence-corrected chi connectivity index (χ0v) is 18.0. The molecule has 0 aliphatic carbocycles. The van der Waals surface area contributed by atoms with E-state index in [1.54, 1.807) is 4.90 Å². The minimum Gasteiger partial charge on any atom is -0.361 e. The van der Waals surface area contributed by atoms with Crippen LogP contribution in [0.15, 0.2) is 60.8 Å². The molecule has 0 saturated carbocycles. The molecule has 0 radical (unpaired) electrons. The third-order valence-electron chi connectivity index (χ3n) is 5.34. The van der Waals surface area contributed by atoms with Crippen LogP contribution in [0.1, 0.15) is 17.5 Å². The number of fused-ring (bicyclic) bond motifs is 1. The number of hydrogen-bond acceptors (Lipinski definition) is 3. The number of ketones is 1. The number of rotatable bonds is 6. The molecular weight excluding hydrogens is 445 g/mol. The lowest BCUT2D eigenvalue weighted by Gasteiger charge is -2.34. The van der Waals surface area contributed by atoms with Crippen molar-refractivity contribution < 1.29 is 18.0 Å². The zero-order valence-electron chi connectivity index (χ0n) is 16.5. The number of thioether (sulfide) groups is 1. The van der Waals surface area contributed by atoms with Crippen LogP contribution in [-0.4, -0.2) is 29.1 Å². The maximum atomic E-state index is 13.3. The second kappa shape index (κ2) is 9.01.